The van der Waals surface area contributed by atoms with Crippen LogP contribution in [0.5, 0.6) is 0 Å². The summed E-state index contributed by atoms with van der Waals surface area (Å²) in [6, 6.07) is 27.1. The minimum Gasteiger partial charge on any atom is -0.315 e. The Kier molecular flexibility index (Phi) is 8.87. The van der Waals surface area contributed by atoms with E-state index in [-0.39, 0.29) is 17.9 Å². The first-order valence-electron chi connectivity index (χ1n) is 12.9. The molecule has 1 heterocycles. The number of nitrogens with zero attached hydrogens (tertiary/aromatic N) is 4. The number of benzene rings is 3. The Morgan fingerprint density at radius 2 is 1.70 bits per heavy atom. The molecule has 0 aliphatic rings. The largest absolute Gasteiger partial charge is 0.322 e. The number of anilines is 2. The number of hydrogen-bond acceptors (Lipinski definition) is 4. The minimum absolute atomic E-state index is 0.199. The van der Waals surface area contributed by atoms with Gasteiger partial charge in [-0.25, -0.2) is 9.48 Å². The predicted octanol–water partition coefficient (Wildman–Crippen LogP) is 6.41. The fraction of sp³-hybridized carbons (Fsp3) is 0.226. The van der Waals surface area contributed by atoms with Crippen LogP contribution in [0.3, 0.4) is 0 Å². The van der Waals surface area contributed by atoms with Crippen LogP contribution in [0.1, 0.15) is 37.6 Å². The predicted molar refractivity (Wildman–Crippen MR) is 158 cm³/mol. The maximum atomic E-state index is 13.4. The lowest BCUT2D eigenvalue weighted by atomic mass is 9.92. The molecule has 0 aliphatic carbocycles. The van der Waals surface area contributed by atoms with E-state index in [9.17, 15) is 14.9 Å². The zero-order valence-corrected chi connectivity index (χ0v) is 23.4. The van der Waals surface area contributed by atoms with Gasteiger partial charge in [-0.05, 0) is 42.3 Å². The topological polar surface area (TPSA) is 103 Å². The molecule has 1 aromatic heterocycles. The van der Waals surface area contributed by atoms with Crippen molar-refractivity contribution < 1.29 is 9.59 Å². The second-order valence-corrected chi connectivity index (χ2v) is 10.8. The molecule has 4 aromatic rings. The fourth-order valence-corrected chi connectivity index (χ4v) is 4.25. The van der Waals surface area contributed by atoms with E-state index >= 15 is 0 Å². The SMILES string of the molecule is CC(C)(C)c1cc(NC(=O)CN(CCc2ccccc2)C(=O)Nc2cccc(C#N)c2)n(-c2ccccc2Cl)n1. The van der Waals surface area contributed by atoms with Crippen LogP contribution in [-0.4, -0.2) is 39.7 Å². The molecule has 0 saturated carbocycles. The van der Waals surface area contributed by atoms with Gasteiger partial charge in [-0.3, -0.25) is 4.79 Å². The summed E-state index contributed by atoms with van der Waals surface area (Å²) in [6.07, 6.45) is 0.561. The summed E-state index contributed by atoms with van der Waals surface area (Å²) < 4.78 is 1.61. The Hall–Kier alpha value is -4.61. The van der Waals surface area contributed by atoms with Crippen LogP contribution in [-0.2, 0) is 16.6 Å². The highest BCUT2D eigenvalue weighted by Crippen LogP contribution is 2.29. The number of para-hydroxylation sites is 1. The number of carbonyl (C=O) groups excluding carboxylic acids is 2. The molecule has 9 heteroatoms. The Bertz CT molecular complexity index is 1540. The molecule has 0 unspecified atom stereocenters. The third-order valence-electron chi connectivity index (χ3n) is 6.20. The van der Waals surface area contributed by atoms with Gasteiger partial charge in [-0.15, -0.1) is 0 Å². The van der Waals surface area contributed by atoms with Crippen LogP contribution < -0.4 is 10.6 Å². The molecule has 0 spiro atoms. The zero-order valence-electron chi connectivity index (χ0n) is 22.7. The van der Waals surface area contributed by atoms with Gasteiger partial charge < -0.3 is 15.5 Å². The number of aromatic nitrogens is 2. The summed E-state index contributed by atoms with van der Waals surface area (Å²) in [5, 5.41) is 20.2. The van der Waals surface area contributed by atoms with Gasteiger partial charge in [0.2, 0.25) is 5.91 Å². The van der Waals surface area contributed by atoms with Crippen LogP contribution in [0.15, 0.2) is 84.9 Å². The Balaban J connectivity index is 1.57. The molecule has 8 nitrogen and oxygen atoms in total. The van der Waals surface area contributed by atoms with Gasteiger partial charge in [0, 0.05) is 23.7 Å². The maximum absolute atomic E-state index is 13.4. The number of urea groups is 1. The van der Waals surface area contributed by atoms with Crippen LogP contribution in [0.4, 0.5) is 16.3 Å². The van der Waals surface area contributed by atoms with Gasteiger partial charge >= 0.3 is 6.03 Å². The molecule has 4 rings (SSSR count). The zero-order chi connectivity index (χ0) is 28.7. The second kappa shape index (κ2) is 12.5. The molecular weight excluding hydrogens is 524 g/mol. The molecule has 0 fully saturated rings. The third kappa shape index (κ3) is 7.28. The van der Waals surface area contributed by atoms with Crippen molar-refractivity contribution in [3.8, 4) is 11.8 Å². The second-order valence-electron chi connectivity index (χ2n) is 10.4. The lowest BCUT2D eigenvalue weighted by molar-refractivity contribution is -0.116. The summed E-state index contributed by atoms with van der Waals surface area (Å²) in [5.41, 5.74) is 3.07. The molecule has 0 atom stereocenters. The Morgan fingerprint density at radius 1 is 0.975 bits per heavy atom. The Labute approximate surface area is 239 Å². The van der Waals surface area contributed by atoms with Crippen molar-refractivity contribution in [2.45, 2.75) is 32.6 Å². The quantitative estimate of drug-likeness (QED) is 0.262. The van der Waals surface area contributed by atoms with E-state index in [1.54, 1.807) is 35.0 Å². The van der Waals surface area contributed by atoms with E-state index in [0.29, 0.717) is 40.7 Å². The molecule has 0 saturated heterocycles. The maximum Gasteiger partial charge on any atom is 0.322 e. The average molecular weight is 555 g/mol. The molecule has 3 aromatic carbocycles. The average Bonchev–Trinajstić information content (AvgIpc) is 3.36. The van der Waals surface area contributed by atoms with Gasteiger partial charge in [0.15, 0.2) is 0 Å². The van der Waals surface area contributed by atoms with Crippen LogP contribution >= 0.6 is 11.6 Å². The van der Waals surface area contributed by atoms with E-state index in [2.05, 4.69) is 16.7 Å². The first-order chi connectivity index (χ1) is 19.1. The smallest absolute Gasteiger partial charge is 0.315 e. The van der Waals surface area contributed by atoms with Crippen molar-refractivity contribution in [1.82, 2.24) is 14.7 Å². The van der Waals surface area contributed by atoms with E-state index in [1.165, 1.54) is 4.90 Å². The van der Waals surface area contributed by atoms with E-state index in [0.717, 1.165) is 11.3 Å². The third-order valence-corrected chi connectivity index (χ3v) is 6.52. The first-order valence-corrected chi connectivity index (χ1v) is 13.3. The molecule has 0 radical (unpaired) electrons. The minimum atomic E-state index is -0.448. The van der Waals surface area contributed by atoms with Gasteiger partial charge in [-0.2, -0.15) is 10.4 Å². The summed E-state index contributed by atoms with van der Waals surface area (Å²) in [5.74, 6) is 0.0656. The lowest BCUT2D eigenvalue weighted by Gasteiger charge is -2.23. The van der Waals surface area contributed by atoms with Gasteiger partial charge in [0.25, 0.3) is 0 Å². The monoisotopic (exact) mass is 554 g/mol. The molecule has 0 bridgehead atoms. The van der Waals surface area contributed by atoms with Crippen LogP contribution in [0.2, 0.25) is 5.02 Å². The van der Waals surface area contributed by atoms with Crippen molar-refractivity contribution in [2.24, 2.45) is 0 Å². The van der Waals surface area contributed by atoms with Crippen molar-refractivity contribution >= 4 is 35.0 Å². The van der Waals surface area contributed by atoms with Gasteiger partial charge in [0.1, 0.15) is 12.4 Å². The number of nitriles is 1. The summed E-state index contributed by atoms with van der Waals surface area (Å²) >= 11 is 6.46. The first kappa shape index (κ1) is 28.4. The van der Waals surface area contributed by atoms with Crippen LogP contribution in [0.25, 0.3) is 5.69 Å². The summed E-state index contributed by atoms with van der Waals surface area (Å²) in [6.45, 7) is 6.21. The molecule has 40 heavy (non-hydrogen) atoms. The highest BCUT2D eigenvalue weighted by molar-refractivity contribution is 6.32. The molecular formula is C31H31ClN6O2. The number of hydrogen-bond donors (Lipinski definition) is 2. The Morgan fingerprint density at radius 3 is 2.40 bits per heavy atom. The van der Waals surface area contributed by atoms with Gasteiger partial charge in [-0.1, -0.05) is 80.9 Å². The fourth-order valence-electron chi connectivity index (χ4n) is 4.03. The van der Waals surface area contributed by atoms with Gasteiger partial charge in [0.05, 0.1) is 28.0 Å². The highest BCUT2D eigenvalue weighted by Gasteiger charge is 2.24. The number of carbonyl (C=O) groups is 2. The van der Waals surface area contributed by atoms with Crippen molar-refractivity contribution in [3.63, 3.8) is 0 Å². The number of amides is 3. The van der Waals surface area contributed by atoms with E-state index < -0.39 is 6.03 Å². The van der Waals surface area contributed by atoms with Crippen molar-refractivity contribution in [1.29, 1.82) is 5.26 Å². The standard InChI is InChI=1S/C31H31ClN6O2/c1-31(2,3)27-19-28(38(36-27)26-15-8-7-14-25(26)32)35-29(39)21-37(17-16-22-10-5-4-6-11-22)30(40)34-24-13-9-12-23(18-24)20-33/h4-15,18-19H,16-17,21H2,1-3H3,(H,34,40)(H,35,39). The van der Waals surface area contributed by atoms with E-state index in [1.807, 2.05) is 75.4 Å². The molecule has 3 amide bonds. The number of halogens is 1. The van der Waals surface area contributed by atoms with Crippen molar-refractivity contribution in [2.75, 3.05) is 23.7 Å². The van der Waals surface area contributed by atoms with Crippen molar-refractivity contribution in [3.05, 3.63) is 107 Å². The normalized spacial score (nSPS) is 11.0. The summed E-state index contributed by atoms with van der Waals surface area (Å²) in [7, 11) is 0. The molecule has 2 N–H and O–H groups in total. The molecule has 204 valence electrons. The summed E-state index contributed by atoms with van der Waals surface area (Å²) in [4.78, 5) is 28.1. The number of nitrogens with one attached hydrogen (secondary N) is 2. The molecule has 0 aliphatic heterocycles. The highest BCUT2D eigenvalue weighted by atomic mass is 35.5. The lowest BCUT2D eigenvalue weighted by Crippen LogP contribution is -2.42. The number of rotatable bonds is 8. The van der Waals surface area contributed by atoms with Crippen LogP contribution in [0, 0.1) is 11.3 Å². The van der Waals surface area contributed by atoms with E-state index in [4.69, 9.17) is 16.7 Å².